The van der Waals surface area contributed by atoms with Gasteiger partial charge in [0.15, 0.2) is 0 Å². The Labute approximate surface area is 204 Å². The molecule has 33 heavy (non-hydrogen) atoms. The van der Waals surface area contributed by atoms with Crippen LogP contribution < -0.4 is 5.32 Å². The number of halogens is 1. The second kappa shape index (κ2) is 11.2. The highest BCUT2D eigenvalue weighted by atomic mass is 35.5. The van der Waals surface area contributed by atoms with Crippen molar-refractivity contribution in [1.82, 2.24) is 13.5 Å². The van der Waals surface area contributed by atoms with Crippen LogP contribution in [0.2, 0.25) is 5.02 Å². The minimum atomic E-state index is -3.89. The maximum absolute atomic E-state index is 13.6. The zero-order chi connectivity index (χ0) is 24.2. The zero-order valence-electron chi connectivity index (χ0n) is 19.9. The molecule has 3 rings (SSSR count). The maximum atomic E-state index is 13.6. The Kier molecular flexibility index (Phi) is 9.07. The van der Waals surface area contributed by atoms with Crippen molar-refractivity contribution in [1.29, 1.82) is 0 Å². The summed E-state index contributed by atoms with van der Waals surface area (Å²) in [5, 5.41) is 3.29. The zero-order valence-corrected chi connectivity index (χ0v) is 22.3. The number of piperidine rings is 2. The molecular weight excluding hydrogens is 484 g/mol. The van der Waals surface area contributed by atoms with Crippen LogP contribution in [0.4, 0.5) is 5.69 Å². The standard InChI is InChI=1S/C22H37ClN4O4S2/c1-4-18(25(2)3)17-24-20-15-19(23)21(32(28,29)26-11-7-5-8-12-26)16-22(20)33(30,31)27-13-9-6-10-14-27/h15-16,18,24H,4-14,17H2,1-3H3. The summed E-state index contributed by atoms with van der Waals surface area (Å²) < 4.78 is 56.9. The van der Waals surface area contributed by atoms with Crippen molar-refractivity contribution in [3.05, 3.63) is 17.2 Å². The van der Waals surface area contributed by atoms with Crippen molar-refractivity contribution in [3.8, 4) is 0 Å². The highest BCUT2D eigenvalue weighted by molar-refractivity contribution is 7.90. The van der Waals surface area contributed by atoms with Crippen molar-refractivity contribution in [2.75, 3.05) is 52.1 Å². The molecule has 2 aliphatic rings. The second-order valence-corrected chi connectivity index (χ2v) is 13.3. The van der Waals surface area contributed by atoms with E-state index in [1.807, 2.05) is 14.1 Å². The molecular formula is C22H37ClN4O4S2. The Morgan fingerprint density at radius 1 is 0.879 bits per heavy atom. The van der Waals surface area contributed by atoms with Crippen LogP contribution in [0, 0.1) is 0 Å². The Hall–Kier alpha value is -0.910. The summed E-state index contributed by atoms with van der Waals surface area (Å²) in [5.74, 6) is 0. The molecule has 0 amide bonds. The maximum Gasteiger partial charge on any atom is 0.245 e. The van der Waals surface area contributed by atoms with E-state index in [2.05, 4.69) is 17.1 Å². The van der Waals surface area contributed by atoms with E-state index in [0.29, 0.717) is 38.4 Å². The quantitative estimate of drug-likeness (QED) is 0.536. The number of benzene rings is 1. The number of rotatable bonds is 9. The number of anilines is 1. The van der Waals surface area contributed by atoms with Gasteiger partial charge < -0.3 is 10.2 Å². The third-order valence-corrected chi connectivity index (χ3v) is 10.9. The van der Waals surface area contributed by atoms with Crippen LogP contribution in [0.3, 0.4) is 0 Å². The lowest BCUT2D eigenvalue weighted by Gasteiger charge is -2.29. The summed E-state index contributed by atoms with van der Waals surface area (Å²) in [7, 11) is -3.82. The van der Waals surface area contributed by atoms with Gasteiger partial charge in [0, 0.05) is 38.8 Å². The van der Waals surface area contributed by atoms with Crippen molar-refractivity contribution < 1.29 is 16.8 Å². The van der Waals surface area contributed by atoms with Gasteiger partial charge in [-0.15, -0.1) is 0 Å². The largest absolute Gasteiger partial charge is 0.382 e. The monoisotopic (exact) mass is 520 g/mol. The third-order valence-electron chi connectivity index (χ3n) is 6.63. The topological polar surface area (TPSA) is 90.0 Å². The van der Waals surface area contributed by atoms with Crippen LogP contribution in [-0.4, -0.2) is 83.2 Å². The minimum Gasteiger partial charge on any atom is -0.382 e. The minimum absolute atomic E-state index is 0.0157. The predicted molar refractivity (Wildman–Crippen MR) is 133 cm³/mol. The van der Waals surface area contributed by atoms with E-state index in [4.69, 9.17) is 11.6 Å². The SMILES string of the molecule is CCC(CNc1cc(Cl)c(S(=O)(=O)N2CCCCC2)cc1S(=O)(=O)N1CCCCC1)N(C)C. The van der Waals surface area contributed by atoms with E-state index in [9.17, 15) is 16.8 Å². The summed E-state index contributed by atoms with van der Waals surface area (Å²) >= 11 is 6.49. The van der Waals surface area contributed by atoms with Crippen LogP contribution in [-0.2, 0) is 20.0 Å². The van der Waals surface area contributed by atoms with Gasteiger partial charge in [0.25, 0.3) is 0 Å². The van der Waals surface area contributed by atoms with Gasteiger partial charge in [0.1, 0.15) is 9.79 Å². The molecule has 1 N–H and O–H groups in total. The highest BCUT2D eigenvalue weighted by Gasteiger charge is 2.34. The van der Waals surface area contributed by atoms with Gasteiger partial charge in [-0.1, -0.05) is 31.4 Å². The van der Waals surface area contributed by atoms with Gasteiger partial charge in [-0.05, 0) is 58.3 Å². The van der Waals surface area contributed by atoms with Crippen LogP contribution in [0.1, 0.15) is 51.9 Å². The number of likely N-dealkylation sites (N-methyl/N-ethyl adjacent to an activating group) is 1. The summed E-state index contributed by atoms with van der Waals surface area (Å²) in [5.41, 5.74) is 0.350. The van der Waals surface area contributed by atoms with Crippen molar-refractivity contribution in [3.63, 3.8) is 0 Å². The van der Waals surface area contributed by atoms with E-state index in [1.165, 1.54) is 20.7 Å². The van der Waals surface area contributed by atoms with E-state index >= 15 is 0 Å². The molecule has 0 aliphatic carbocycles. The Morgan fingerprint density at radius 3 is 1.82 bits per heavy atom. The van der Waals surface area contributed by atoms with Crippen molar-refractivity contribution in [2.45, 2.75) is 67.7 Å². The molecule has 0 aromatic heterocycles. The van der Waals surface area contributed by atoms with Gasteiger partial charge in [0.05, 0.1) is 10.7 Å². The summed E-state index contributed by atoms with van der Waals surface area (Å²) in [6.45, 7) is 4.31. The lowest BCUT2D eigenvalue weighted by atomic mass is 10.2. The number of nitrogens with one attached hydrogen (secondary N) is 1. The van der Waals surface area contributed by atoms with Crippen LogP contribution >= 0.6 is 11.6 Å². The van der Waals surface area contributed by atoms with Crippen LogP contribution in [0.15, 0.2) is 21.9 Å². The first kappa shape index (κ1) is 26.7. The first-order valence-electron chi connectivity index (χ1n) is 11.8. The van der Waals surface area contributed by atoms with Gasteiger partial charge >= 0.3 is 0 Å². The van der Waals surface area contributed by atoms with Gasteiger partial charge in [0.2, 0.25) is 20.0 Å². The summed E-state index contributed by atoms with van der Waals surface area (Å²) in [4.78, 5) is 1.92. The van der Waals surface area contributed by atoms with Crippen molar-refractivity contribution in [2.24, 2.45) is 0 Å². The van der Waals surface area contributed by atoms with Crippen LogP contribution in [0.25, 0.3) is 0 Å². The van der Waals surface area contributed by atoms with Gasteiger partial charge in [-0.25, -0.2) is 16.8 Å². The van der Waals surface area contributed by atoms with Gasteiger partial charge in [-0.3, -0.25) is 0 Å². The fourth-order valence-electron chi connectivity index (χ4n) is 4.49. The second-order valence-electron chi connectivity index (χ2n) is 9.11. The fourth-order valence-corrected chi connectivity index (χ4v) is 8.31. The lowest BCUT2D eigenvalue weighted by molar-refractivity contribution is 0.298. The summed E-state index contributed by atoms with van der Waals surface area (Å²) in [6.07, 6.45) is 6.04. The number of sulfonamides is 2. The smallest absolute Gasteiger partial charge is 0.245 e. The average Bonchev–Trinajstić information content (AvgIpc) is 2.80. The van der Waals surface area contributed by atoms with E-state index in [1.54, 1.807) is 0 Å². The Bertz CT molecular complexity index is 1020. The first-order chi connectivity index (χ1) is 15.6. The number of hydrogen-bond acceptors (Lipinski definition) is 6. The molecule has 1 unspecified atom stereocenters. The molecule has 2 aliphatic heterocycles. The highest BCUT2D eigenvalue weighted by Crippen LogP contribution is 2.36. The van der Waals surface area contributed by atoms with E-state index < -0.39 is 20.0 Å². The van der Waals surface area contributed by atoms with Gasteiger partial charge in [-0.2, -0.15) is 8.61 Å². The molecule has 0 saturated carbocycles. The van der Waals surface area contributed by atoms with Crippen LogP contribution in [0.5, 0.6) is 0 Å². The average molecular weight is 521 g/mol. The molecule has 0 bridgehead atoms. The molecule has 1 aromatic carbocycles. The molecule has 2 heterocycles. The normalized spacial score (nSPS) is 20.2. The lowest BCUT2D eigenvalue weighted by Crippen LogP contribution is -2.38. The molecule has 11 heteroatoms. The molecule has 8 nitrogen and oxygen atoms in total. The Morgan fingerprint density at radius 2 is 1.36 bits per heavy atom. The fraction of sp³-hybridized carbons (Fsp3) is 0.727. The third kappa shape index (κ3) is 6.02. The molecule has 0 radical (unpaired) electrons. The first-order valence-corrected chi connectivity index (χ1v) is 15.1. The molecule has 1 atom stereocenters. The van der Waals surface area contributed by atoms with Crippen molar-refractivity contribution >= 4 is 37.3 Å². The predicted octanol–water partition coefficient (Wildman–Crippen LogP) is 3.44. The number of hydrogen-bond donors (Lipinski definition) is 1. The molecule has 1 aromatic rings. The molecule has 2 fully saturated rings. The summed E-state index contributed by atoms with van der Waals surface area (Å²) in [6, 6.07) is 2.93. The van der Waals surface area contributed by atoms with E-state index in [0.717, 1.165) is 44.9 Å². The number of nitrogens with zero attached hydrogens (tertiary/aromatic N) is 3. The molecule has 0 spiro atoms. The molecule has 2 saturated heterocycles. The van der Waals surface area contributed by atoms with E-state index in [-0.39, 0.29) is 20.9 Å². The molecule has 188 valence electrons. The Balaban J connectivity index is 2.06.